The third kappa shape index (κ3) is 3.95. The number of carbonyl (C=O) groups is 2. The largest absolute Gasteiger partial charge is 0.464 e. The van der Waals surface area contributed by atoms with Crippen LogP contribution >= 0.6 is 0 Å². The Balaban J connectivity index is 2.85. The summed E-state index contributed by atoms with van der Waals surface area (Å²) in [6.45, 7) is 1.97. The summed E-state index contributed by atoms with van der Waals surface area (Å²) in [6, 6.07) is 3.02. The van der Waals surface area contributed by atoms with Gasteiger partial charge in [-0.15, -0.1) is 0 Å². The average Bonchev–Trinajstić information content (AvgIpc) is 2.36. The van der Waals surface area contributed by atoms with Crippen molar-refractivity contribution in [2.45, 2.75) is 6.92 Å². The van der Waals surface area contributed by atoms with Crippen molar-refractivity contribution in [1.29, 1.82) is 0 Å². The molecule has 0 unspecified atom stereocenters. The highest BCUT2D eigenvalue weighted by Gasteiger charge is 2.06. The fourth-order valence-electron chi connectivity index (χ4n) is 1.01. The fraction of sp³-hybridized carbons (Fsp3) is 0.250. The number of hydrogen-bond acceptors (Lipinski definition) is 5. The summed E-state index contributed by atoms with van der Waals surface area (Å²) in [5.41, 5.74) is 0.636. The Morgan fingerprint density at radius 2 is 2.24 bits per heavy atom. The predicted octanol–water partition coefficient (Wildman–Crippen LogP) is 0.783. The molecule has 0 atom stereocenters. The second-order valence-corrected chi connectivity index (χ2v) is 2.89. The minimum Gasteiger partial charge on any atom is -0.464 e. The zero-order chi connectivity index (χ0) is 12.7. The second-order valence-electron chi connectivity index (χ2n) is 2.89. The Hall–Kier alpha value is -2.35. The highest BCUT2D eigenvalue weighted by Crippen LogP contribution is 2.01. The van der Waals surface area contributed by atoms with Crippen molar-refractivity contribution in [2.24, 2.45) is 0 Å². The number of aromatic nitrogens is 1. The molecule has 0 amide bonds. The van der Waals surface area contributed by atoms with Crippen LogP contribution in [0.4, 0.5) is 0 Å². The first-order valence-corrected chi connectivity index (χ1v) is 4.90. The highest BCUT2D eigenvalue weighted by atomic mass is 16.5. The van der Waals surface area contributed by atoms with Crippen LogP contribution in [0.15, 0.2) is 18.3 Å². The summed E-state index contributed by atoms with van der Waals surface area (Å²) in [5, 5.41) is 0. The maximum absolute atomic E-state index is 11.2. The average molecular weight is 233 g/mol. The summed E-state index contributed by atoms with van der Waals surface area (Å²) in [6.07, 6.45) is 1.42. The minimum atomic E-state index is -0.607. The van der Waals surface area contributed by atoms with Crippen molar-refractivity contribution >= 4 is 11.9 Å². The first-order chi connectivity index (χ1) is 8.17. The van der Waals surface area contributed by atoms with E-state index in [9.17, 15) is 9.59 Å². The van der Waals surface area contributed by atoms with Gasteiger partial charge in [0.05, 0.1) is 13.7 Å². The third-order valence-corrected chi connectivity index (χ3v) is 1.74. The van der Waals surface area contributed by atoms with Crippen molar-refractivity contribution in [2.75, 3.05) is 13.7 Å². The predicted molar refractivity (Wildman–Crippen MR) is 59.1 cm³/mol. The van der Waals surface area contributed by atoms with Crippen molar-refractivity contribution in [3.8, 4) is 11.8 Å². The van der Waals surface area contributed by atoms with Gasteiger partial charge in [-0.3, -0.25) is 0 Å². The monoisotopic (exact) mass is 233 g/mol. The van der Waals surface area contributed by atoms with Crippen LogP contribution in [0.1, 0.15) is 23.0 Å². The molecule has 88 valence electrons. The molecule has 1 heterocycles. The van der Waals surface area contributed by atoms with Gasteiger partial charge in [-0.2, -0.15) is 0 Å². The van der Waals surface area contributed by atoms with Crippen LogP contribution in [0.2, 0.25) is 0 Å². The fourth-order valence-corrected chi connectivity index (χ4v) is 1.01. The number of esters is 2. The van der Waals surface area contributed by atoms with E-state index >= 15 is 0 Å². The molecule has 0 saturated heterocycles. The van der Waals surface area contributed by atoms with Crippen LogP contribution in [0.5, 0.6) is 0 Å². The van der Waals surface area contributed by atoms with E-state index in [1.807, 2.05) is 0 Å². The van der Waals surface area contributed by atoms with Crippen molar-refractivity contribution in [3.63, 3.8) is 0 Å². The van der Waals surface area contributed by atoms with Gasteiger partial charge < -0.3 is 9.47 Å². The van der Waals surface area contributed by atoms with Crippen LogP contribution in [0.25, 0.3) is 0 Å². The Morgan fingerprint density at radius 1 is 1.47 bits per heavy atom. The van der Waals surface area contributed by atoms with E-state index in [0.29, 0.717) is 5.56 Å². The Bertz CT molecular complexity index is 485. The maximum Gasteiger partial charge on any atom is 0.384 e. The SMILES string of the molecule is CCOC(=O)C#Cc1ccnc(C(=O)OC)c1. The Morgan fingerprint density at radius 3 is 2.88 bits per heavy atom. The molecule has 0 aromatic carbocycles. The highest BCUT2D eigenvalue weighted by molar-refractivity contribution is 5.90. The summed E-state index contributed by atoms with van der Waals surface area (Å²) < 4.78 is 9.16. The molecule has 1 aromatic rings. The first kappa shape index (κ1) is 12.7. The van der Waals surface area contributed by atoms with E-state index in [2.05, 4.69) is 26.3 Å². The molecule has 0 fully saturated rings. The lowest BCUT2D eigenvalue weighted by atomic mass is 10.2. The first-order valence-electron chi connectivity index (χ1n) is 4.90. The van der Waals surface area contributed by atoms with E-state index in [4.69, 9.17) is 0 Å². The molecule has 5 nitrogen and oxygen atoms in total. The number of nitrogens with zero attached hydrogens (tertiary/aromatic N) is 1. The molecule has 0 aliphatic heterocycles. The van der Waals surface area contributed by atoms with Crippen molar-refractivity contribution < 1.29 is 19.1 Å². The molecule has 0 aliphatic carbocycles. The van der Waals surface area contributed by atoms with Gasteiger partial charge in [0.15, 0.2) is 0 Å². The molecule has 1 rings (SSSR count). The van der Waals surface area contributed by atoms with Gasteiger partial charge in [0.1, 0.15) is 5.69 Å². The number of carbonyl (C=O) groups excluding carboxylic acids is 2. The van der Waals surface area contributed by atoms with Gasteiger partial charge in [0.25, 0.3) is 0 Å². The molecule has 0 spiro atoms. The van der Waals surface area contributed by atoms with E-state index in [1.165, 1.54) is 19.4 Å². The topological polar surface area (TPSA) is 65.5 Å². The van der Waals surface area contributed by atoms with Gasteiger partial charge >= 0.3 is 11.9 Å². The molecular weight excluding hydrogens is 222 g/mol. The lowest BCUT2D eigenvalue weighted by Gasteiger charge is -1.97. The maximum atomic E-state index is 11.2. The molecule has 0 radical (unpaired) electrons. The van der Waals surface area contributed by atoms with Crippen LogP contribution in [-0.4, -0.2) is 30.6 Å². The number of rotatable bonds is 2. The molecule has 0 N–H and O–H groups in total. The lowest BCUT2D eigenvalue weighted by Crippen LogP contribution is -2.04. The van der Waals surface area contributed by atoms with E-state index in [-0.39, 0.29) is 12.3 Å². The van der Waals surface area contributed by atoms with Gasteiger partial charge in [0.2, 0.25) is 0 Å². The van der Waals surface area contributed by atoms with Gasteiger partial charge in [-0.25, -0.2) is 14.6 Å². The molecule has 0 aliphatic rings. The molecular formula is C12H11NO4. The number of pyridine rings is 1. The van der Waals surface area contributed by atoms with Crippen molar-refractivity contribution in [1.82, 2.24) is 4.98 Å². The second kappa shape index (κ2) is 6.28. The van der Waals surface area contributed by atoms with Crippen LogP contribution in [-0.2, 0) is 14.3 Å². The van der Waals surface area contributed by atoms with E-state index < -0.39 is 11.9 Å². The summed E-state index contributed by atoms with van der Waals surface area (Å²) in [7, 11) is 1.26. The summed E-state index contributed by atoms with van der Waals surface area (Å²) in [4.78, 5) is 26.0. The van der Waals surface area contributed by atoms with E-state index in [0.717, 1.165) is 0 Å². The number of methoxy groups -OCH3 is 1. The smallest absolute Gasteiger partial charge is 0.384 e. The molecule has 0 bridgehead atoms. The molecule has 0 saturated carbocycles. The van der Waals surface area contributed by atoms with Crippen LogP contribution in [0.3, 0.4) is 0 Å². The summed E-state index contributed by atoms with van der Waals surface area (Å²) in [5.74, 6) is 3.71. The molecule has 5 heteroatoms. The van der Waals surface area contributed by atoms with Gasteiger partial charge in [-0.1, -0.05) is 5.92 Å². The zero-order valence-electron chi connectivity index (χ0n) is 9.52. The lowest BCUT2D eigenvalue weighted by molar-refractivity contribution is -0.136. The normalized spacial score (nSPS) is 8.82. The van der Waals surface area contributed by atoms with Gasteiger partial charge in [-0.05, 0) is 19.1 Å². The number of hydrogen-bond donors (Lipinski definition) is 0. The molecule has 17 heavy (non-hydrogen) atoms. The minimum absolute atomic E-state index is 0.142. The zero-order valence-corrected chi connectivity index (χ0v) is 9.52. The van der Waals surface area contributed by atoms with Crippen LogP contribution < -0.4 is 0 Å². The Labute approximate surface area is 98.8 Å². The summed E-state index contributed by atoms with van der Waals surface area (Å²) >= 11 is 0. The van der Waals surface area contributed by atoms with Gasteiger partial charge in [0, 0.05) is 17.7 Å². The number of ether oxygens (including phenoxy) is 2. The van der Waals surface area contributed by atoms with E-state index in [1.54, 1.807) is 13.0 Å². The quantitative estimate of drug-likeness (QED) is 0.558. The Kier molecular flexibility index (Phi) is 4.70. The van der Waals surface area contributed by atoms with Crippen molar-refractivity contribution in [3.05, 3.63) is 29.6 Å². The standard InChI is InChI=1S/C12H11NO4/c1-3-17-11(14)5-4-9-6-7-13-10(8-9)12(15)16-2/h6-8H,3H2,1-2H3. The molecule has 1 aromatic heterocycles. The third-order valence-electron chi connectivity index (χ3n) is 1.74. The van der Waals surface area contributed by atoms with Crippen LogP contribution in [0, 0.1) is 11.8 Å².